The normalized spacial score (nSPS) is 30.0. The van der Waals surface area contributed by atoms with E-state index in [0.29, 0.717) is 12.5 Å². The monoisotopic (exact) mass is 322 g/mol. The Morgan fingerprint density at radius 2 is 1.89 bits per heavy atom. The van der Waals surface area contributed by atoms with Crippen molar-refractivity contribution in [2.75, 3.05) is 0 Å². The Balaban J connectivity index is 1.80. The molecule has 100 valence electrons. The first-order chi connectivity index (χ1) is 9.06. The van der Waals surface area contributed by atoms with Crippen LogP contribution in [0.3, 0.4) is 0 Å². The van der Waals surface area contributed by atoms with Crippen molar-refractivity contribution in [3.8, 4) is 0 Å². The molecule has 2 unspecified atom stereocenters. The van der Waals surface area contributed by atoms with Crippen molar-refractivity contribution >= 4 is 27.7 Å². The maximum absolute atomic E-state index is 12.3. The molecule has 2 heterocycles. The van der Waals surface area contributed by atoms with Crippen molar-refractivity contribution in [3.05, 3.63) is 28.5 Å². The quantitative estimate of drug-likeness (QED) is 0.785. The van der Waals surface area contributed by atoms with Gasteiger partial charge in [0, 0.05) is 16.9 Å². The summed E-state index contributed by atoms with van der Waals surface area (Å²) in [6, 6.07) is 1.89. The van der Waals surface area contributed by atoms with Crippen LogP contribution in [0.2, 0.25) is 0 Å². The zero-order valence-electron chi connectivity index (χ0n) is 10.7. The van der Waals surface area contributed by atoms with Crippen LogP contribution in [0.25, 0.3) is 0 Å². The molecule has 4 nitrogen and oxygen atoms in total. The van der Waals surface area contributed by atoms with Crippen LogP contribution in [0.5, 0.6) is 0 Å². The van der Waals surface area contributed by atoms with Gasteiger partial charge in [0.05, 0.1) is 18.4 Å². The van der Waals surface area contributed by atoms with Crippen LogP contribution < -0.4 is 0 Å². The molecule has 1 aromatic rings. The van der Waals surface area contributed by atoms with Gasteiger partial charge in [-0.25, -0.2) is 0 Å². The number of imide groups is 1. The number of pyridine rings is 1. The number of fused-ring (bicyclic) bond motifs is 1. The number of halogens is 1. The molecule has 3 rings (SSSR count). The van der Waals surface area contributed by atoms with E-state index in [0.717, 1.165) is 22.9 Å². The second-order valence-electron chi connectivity index (χ2n) is 5.56. The van der Waals surface area contributed by atoms with E-state index in [1.54, 1.807) is 12.4 Å². The minimum absolute atomic E-state index is 0.000625. The van der Waals surface area contributed by atoms with E-state index in [1.165, 1.54) is 4.90 Å². The number of carbonyl (C=O) groups is 2. The Hall–Kier alpha value is -1.23. The van der Waals surface area contributed by atoms with Gasteiger partial charge in [-0.3, -0.25) is 19.5 Å². The molecule has 1 aliphatic carbocycles. The summed E-state index contributed by atoms with van der Waals surface area (Å²) >= 11 is 3.35. The molecule has 1 saturated heterocycles. The Morgan fingerprint density at radius 1 is 1.26 bits per heavy atom. The number of likely N-dealkylation sites (tertiary alicyclic amines) is 1. The lowest BCUT2D eigenvalue weighted by molar-refractivity contribution is -0.141. The summed E-state index contributed by atoms with van der Waals surface area (Å²) in [5.74, 6) is 0.321. The summed E-state index contributed by atoms with van der Waals surface area (Å²) in [6.07, 6.45) is 5.08. The third-order valence-electron chi connectivity index (χ3n) is 4.07. The maximum Gasteiger partial charge on any atom is 0.233 e. The topological polar surface area (TPSA) is 50.3 Å². The summed E-state index contributed by atoms with van der Waals surface area (Å²) in [5, 5.41) is 0. The minimum Gasteiger partial charge on any atom is -0.278 e. The predicted octanol–water partition coefficient (Wildman–Crippen LogP) is 2.38. The van der Waals surface area contributed by atoms with Crippen LogP contribution in [0, 0.1) is 17.8 Å². The molecule has 2 aliphatic rings. The van der Waals surface area contributed by atoms with Crippen molar-refractivity contribution in [2.45, 2.75) is 26.3 Å². The van der Waals surface area contributed by atoms with E-state index in [4.69, 9.17) is 0 Å². The fourth-order valence-electron chi connectivity index (χ4n) is 3.23. The third-order valence-corrected chi connectivity index (χ3v) is 4.50. The Kier molecular flexibility index (Phi) is 3.17. The Bertz CT molecular complexity index is 522. The summed E-state index contributed by atoms with van der Waals surface area (Å²) < 4.78 is 0.859. The van der Waals surface area contributed by atoms with E-state index in [2.05, 4.69) is 27.8 Å². The van der Waals surface area contributed by atoms with Gasteiger partial charge in [0.25, 0.3) is 0 Å². The number of rotatable bonds is 2. The molecule has 0 spiro atoms. The van der Waals surface area contributed by atoms with Gasteiger partial charge in [-0.05, 0) is 46.3 Å². The zero-order valence-corrected chi connectivity index (χ0v) is 12.3. The van der Waals surface area contributed by atoms with Gasteiger partial charge in [0.2, 0.25) is 11.8 Å². The Labute approximate surface area is 120 Å². The van der Waals surface area contributed by atoms with Crippen LogP contribution in [-0.4, -0.2) is 21.7 Å². The van der Waals surface area contributed by atoms with Gasteiger partial charge >= 0.3 is 0 Å². The van der Waals surface area contributed by atoms with Gasteiger partial charge in [-0.15, -0.1) is 0 Å². The maximum atomic E-state index is 12.3. The van der Waals surface area contributed by atoms with E-state index in [9.17, 15) is 9.59 Å². The van der Waals surface area contributed by atoms with Gasteiger partial charge in [-0.1, -0.05) is 6.92 Å². The lowest BCUT2D eigenvalue weighted by Gasteiger charge is -2.16. The fourth-order valence-corrected chi connectivity index (χ4v) is 3.64. The van der Waals surface area contributed by atoms with Crippen molar-refractivity contribution < 1.29 is 9.59 Å². The first kappa shape index (κ1) is 12.8. The number of aromatic nitrogens is 1. The molecular weight excluding hydrogens is 308 g/mol. The number of amides is 2. The van der Waals surface area contributed by atoms with Gasteiger partial charge in [0.15, 0.2) is 0 Å². The highest BCUT2D eigenvalue weighted by Crippen LogP contribution is 2.43. The SMILES string of the molecule is CC1CC2C(=O)N(Cc3cncc(Br)c3)C(=O)C2C1. The van der Waals surface area contributed by atoms with E-state index in [1.807, 2.05) is 6.07 Å². The van der Waals surface area contributed by atoms with E-state index >= 15 is 0 Å². The molecule has 0 N–H and O–H groups in total. The zero-order chi connectivity index (χ0) is 13.6. The molecule has 2 amide bonds. The number of nitrogens with zero attached hydrogens (tertiary/aromatic N) is 2. The number of hydrogen-bond acceptors (Lipinski definition) is 3. The van der Waals surface area contributed by atoms with E-state index < -0.39 is 0 Å². The average molecular weight is 323 g/mol. The van der Waals surface area contributed by atoms with Crippen LogP contribution in [0.4, 0.5) is 0 Å². The minimum atomic E-state index is -0.0809. The van der Waals surface area contributed by atoms with Crippen molar-refractivity contribution in [3.63, 3.8) is 0 Å². The fraction of sp³-hybridized carbons (Fsp3) is 0.500. The molecular formula is C14H15BrN2O2. The Morgan fingerprint density at radius 3 is 2.47 bits per heavy atom. The molecule has 2 fully saturated rings. The van der Waals surface area contributed by atoms with Crippen molar-refractivity contribution in [1.29, 1.82) is 0 Å². The molecule has 0 aromatic carbocycles. The molecule has 0 bridgehead atoms. The third kappa shape index (κ3) is 2.20. The largest absolute Gasteiger partial charge is 0.278 e. The standard InChI is InChI=1S/C14H15BrN2O2/c1-8-2-11-12(3-8)14(19)17(13(11)18)7-9-4-10(15)6-16-5-9/h4-6,8,11-12H,2-3,7H2,1H3. The highest BCUT2D eigenvalue weighted by Gasteiger charge is 2.51. The molecule has 1 aromatic heterocycles. The predicted molar refractivity (Wildman–Crippen MR) is 72.9 cm³/mol. The highest BCUT2D eigenvalue weighted by molar-refractivity contribution is 9.10. The first-order valence-corrected chi connectivity index (χ1v) is 7.30. The molecule has 1 saturated carbocycles. The van der Waals surface area contributed by atoms with E-state index in [-0.39, 0.29) is 23.7 Å². The highest BCUT2D eigenvalue weighted by atomic mass is 79.9. The lowest BCUT2D eigenvalue weighted by Crippen LogP contribution is -2.31. The smallest absolute Gasteiger partial charge is 0.233 e. The summed E-state index contributed by atoms with van der Waals surface area (Å²) in [7, 11) is 0. The average Bonchev–Trinajstić information content (AvgIpc) is 2.84. The van der Waals surface area contributed by atoms with Crippen LogP contribution in [-0.2, 0) is 16.1 Å². The van der Waals surface area contributed by atoms with Gasteiger partial charge in [-0.2, -0.15) is 0 Å². The van der Waals surface area contributed by atoms with Crippen molar-refractivity contribution in [1.82, 2.24) is 9.88 Å². The van der Waals surface area contributed by atoms with Crippen LogP contribution >= 0.6 is 15.9 Å². The number of carbonyl (C=O) groups excluding carboxylic acids is 2. The molecule has 1 aliphatic heterocycles. The molecule has 19 heavy (non-hydrogen) atoms. The molecule has 5 heteroatoms. The summed E-state index contributed by atoms with van der Waals surface area (Å²) in [4.78, 5) is 30.1. The van der Waals surface area contributed by atoms with Crippen molar-refractivity contribution in [2.24, 2.45) is 17.8 Å². The molecule has 0 radical (unpaired) electrons. The van der Waals surface area contributed by atoms with Gasteiger partial charge in [0.1, 0.15) is 0 Å². The summed E-state index contributed by atoms with van der Waals surface area (Å²) in [5.41, 5.74) is 0.879. The summed E-state index contributed by atoms with van der Waals surface area (Å²) in [6.45, 7) is 2.45. The second-order valence-corrected chi connectivity index (χ2v) is 6.48. The first-order valence-electron chi connectivity index (χ1n) is 6.51. The lowest BCUT2D eigenvalue weighted by atomic mass is 10.00. The number of hydrogen-bond donors (Lipinski definition) is 0. The molecule has 2 atom stereocenters. The van der Waals surface area contributed by atoms with Gasteiger partial charge < -0.3 is 0 Å². The second kappa shape index (κ2) is 4.71. The van der Waals surface area contributed by atoms with Crippen LogP contribution in [0.1, 0.15) is 25.3 Å². The van der Waals surface area contributed by atoms with Crippen LogP contribution in [0.15, 0.2) is 22.9 Å².